The highest BCUT2D eigenvalue weighted by molar-refractivity contribution is 14.1. The average molecular weight is 344 g/mol. The number of methoxy groups -OCH3 is 1. The van der Waals surface area contributed by atoms with Crippen LogP contribution >= 0.6 is 33.9 Å². The third-order valence-electron chi connectivity index (χ3n) is 2.16. The van der Waals surface area contributed by atoms with Crippen molar-refractivity contribution in [1.29, 1.82) is 0 Å². The topological polar surface area (TPSA) is 26.3 Å². The van der Waals surface area contributed by atoms with Gasteiger partial charge >= 0.3 is 0 Å². The summed E-state index contributed by atoms with van der Waals surface area (Å²) in [5.41, 5.74) is 1.40. The molecule has 1 aromatic carbocycles. The van der Waals surface area contributed by atoms with E-state index in [1.54, 1.807) is 30.6 Å². The van der Waals surface area contributed by atoms with E-state index in [1.165, 1.54) is 0 Å². The largest absolute Gasteiger partial charge is 0.497 e. The minimum atomic E-state index is 0.0399. The number of hydrogen-bond acceptors (Lipinski definition) is 3. The molecule has 2 nitrogen and oxygen atoms in total. The van der Waals surface area contributed by atoms with E-state index in [1.807, 2.05) is 23.6 Å². The zero-order valence-electron chi connectivity index (χ0n) is 8.57. The van der Waals surface area contributed by atoms with Crippen molar-refractivity contribution in [3.8, 4) is 5.75 Å². The first-order chi connectivity index (χ1) is 7.70. The van der Waals surface area contributed by atoms with Crippen molar-refractivity contribution < 1.29 is 9.53 Å². The van der Waals surface area contributed by atoms with Gasteiger partial charge in [0.1, 0.15) is 5.75 Å². The molecule has 0 fully saturated rings. The van der Waals surface area contributed by atoms with Gasteiger partial charge in [0.05, 0.1) is 9.99 Å². The summed E-state index contributed by atoms with van der Waals surface area (Å²) in [5.74, 6) is 0.744. The lowest BCUT2D eigenvalue weighted by molar-refractivity contribution is 0.103. The first kappa shape index (κ1) is 11.6. The molecule has 0 unspecified atom stereocenters. The van der Waals surface area contributed by atoms with Gasteiger partial charge in [0, 0.05) is 16.5 Å². The predicted octanol–water partition coefficient (Wildman–Crippen LogP) is 3.59. The third kappa shape index (κ3) is 2.44. The highest BCUT2D eigenvalue weighted by Gasteiger charge is 2.11. The maximum Gasteiger partial charge on any atom is 0.194 e. The fraction of sp³-hybridized carbons (Fsp3) is 0.0833. The number of hydrogen-bond donors (Lipinski definition) is 0. The van der Waals surface area contributed by atoms with Crippen molar-refractivity contribution in [1.82, 2.24) is 0 Å². The van der Waals surface area contributed by atoms with Crippen LogP contribution in [0.4, 0.5) is 0 Å². The van der Waals surface area contributed by atoms with Crippen LogP contribution in [0.2, 0.25) is 0 Å². The van der Waals surface area contributed by atoms with Crippen LogP contribution in [0, 0.1) is 2.88 Å². The van der Waals surface area contributed by atoms with Crippen molar-refractivity contribution in [3.05, 3.63) is 49.7 Å². The highest BCUT2D eigenvalue weighted by atomic mass is 127. The molecule has 16 heavy (non-hydrogen) atoms. The lowest BCUT2D eigenvalue weighted by Crippen LogP contribution is -1.99. The quantitative estimate of drug-likeness (QED) is 0.628. The van der Waals surface area contributed by atoms with E-state index in [0.717, 1.165) is 8.45 Å². The van der Waals surface area contributed by atoms with E-state index in [0.29, 0.717) is 11.3 Å². The minimum Gasteiger partial charge on any atom is -0.497 e. The number of ether oxygens (including phenoxy) is 1. The van der Waals surface area contributed by atoms with Crippen LogP contribution in [-0.2, 0) is 0 Å². The Hall–Kier alpha value is -0.880. The monoisotopic (exact) mass is 344 g/mol. The summed E-state index contributed by atoms with van der Waals surface area (Å²) >= 11 is 3.78. The van der Waals surface area contributed by atoms with Gasteiger partial charge in [-0.1, -0.05) is 12.1 Å². The van der Waals surface area contributed by atoms with Gasteiger partial charge in [-0.05, 0) is 40.8 Å². The van der Waals surface area contributed by atoms with E-state index in [2.05, 4.69) is 22.6 Å². The summed E-state index contributed by atoms with van der Waals surface area (Å²) in [6, 6.07) is 9.10. The van der Waals surface area contributed by atoms with Gasteiger partial charge < -0.3 is 4.74 Å². The standard InChI is InChI=1S/C12H9IO2S/c1-15-10-4-2-3-8(5-10)12(14)9-6-11(13)16-7-9/h2-7H,1H3. The average Bonchev–Trinajstić information content (AvgIpc) is 2.75. The van der Waals surface area contributed by atoms with E-state index in [9.17, 15) is 4.79 Å². The SMILES string of the molecule is COc1cccc(C(=O)c2csc(I)c2)c1. The number of carbonyl (C=O) groups is 1. The second-order valence-corrected chi connectivity index (χ2v) is 6.01. The van der Waals surface area contributed by atoms with Crippen LogP contribution in [0.5, 0.6) is 5.75 Å². The molecule has 0 saturated carbocycles. The van der Waals surface area contributed by atoms with Crippen LogP contribution in [-0.4, -0.2) is 12.9 Å². The summed E-state index contributed by atoms with van der Waals surface area (Å²) in [5, 5.41) is 1.88. The summed E-state index contributed by atoms with van der Waals surface area (Å²) < 4.78 is 6.21. The van der Waals surface area contributed by atoms with E-state index in [4.69, 9.17) is 4.74 Å². The van der Waals surface area contributed by atoms with Crippen LogP contribution in [0.1, 0.15) is 15.9 Å². The lowest BCUT2D eigenvalue weighted by atomic mass is 10.1. The number of carbonyl (C=O) groups excluding carboxylic acids is 1. The molecule has 0 radical (unpaired) electrons. The van der Waals surface area contributed by atoms with Crippen LogP contribution in [0.15, 0.2) is 35.7 Å². The summed E-state index contributed by atoms with van der Waals surface area (Å²) in [6.07, 6.45) is 0. The van der Waals surface area contributed by atoms with Crippen LogP contribution < -0.4 is 4.74 Å². The Morgan fingerprint density at radius 1 is 1.31 bits per heavy atom. The Kier molecular flexibility index (Phi) is 3.60. The highest BCUT2D eigenvalue weighted by Crippen LogP contribution is 2.21. The summed E-state index contributed by atoms with van der Waals surface area (Å²) in [6.45, 7) is 0. The molecule has 0 N–H and O–H groups in total. The van der Waals surface area contributed by atoms with E-state index in [-0.39, 0.29) is 5.78 Å². The fourth-order valence-electron chi connectivity index (χ4n) is 1.36. The smallest absolute Gasteiger partial charge is 0.194 e. The molecule has 0 aliphatic rings. The molecule has 0 spiro atoms. The van der Waals surface area contributed by atoms with Gasteiger partial charge in [-0.15, -0.1) is 11.3 Å². The van der Waals surface area contributed by atoms with Gasteiger partial charge in [-0.25, -0.2) is 0 Å². The zero-order chi connectivity index (χ0) is 11.5. The lowest BCUT2D eigenvalue weighted by Gasteiger charge is -2.02. The summed E-state index contributed by atoms with van der Waals surface area (Å²) in [7, 11) is 1.59. The van der Waals surface area contributed by atoms with Crippen molar-refractivity contribution in [2.24, 2.45) is 0 Å². The van der Waals surface area contributed by atoms with Crippen molar-refractivity contribution in [3.63, 3.8) is 0 Å². The molecule has 0 amide bonds. The Morgan fingerprint density at radius 3 is 2.75 bits per heavy atom. The molecule has 0 bridgehead atoms. The fourth-order valence-corrected chi connectivity index (χ4v) is 2.69. The zero-order valence-corrected chi connectivity index (χ0v) is 11.5. The second kappa shape index (κ2) is 4.97. The van der Waals surface area contributed by atoms with Gasteiger partial charge in [-0.2, -0.15) is 0 Å². The normalized spacial score (nSPS) is 10.1. The summed E-state index contributed by atoms with van der Waals surface area (Å²) in [4.78, 5) is 12.1. The molecule has 0 aliphatic carbocycles. The van der Waals surface area contributed by atoms with Gasteiger partial charge in [0.2, 0.25) is 0 Å². The van der Waals surface area contributed by atoms with E-state index < -0.39 is 0 Å². The van der Waals surface area contributed by atoms with E-state index >= 15 is 0 Å². The molecule has 82 valence electrons. The van der Waals surface area contributed by atoms with Crippen molar-refractivity contribution >= 4 is 39.7 Å². The minimum absolute atomic E-state index is 0.0399. The molecular weight excluding hydrogens is 335 g/mol. The molecule has 2 rings (SSSR count). The Balaban J connectivity index is 2.33. The molecule has 0 atom stereocenters. The van der Waals surface area contributed by atoms with Gasteiger partial charge in [0.15, 0.2) is 5.78 Å². The van der Waals surface area contributed by atoms with Crippen LogP contribution in [0.3, 0.4) is 0 Å². The Labute approximate surface area is 111 Å². The predicted molar refractivity (Wildman–Crippen MR) is 73.5 cm³/mol. The van der Waals surface area contributed by atoms with Gasteiger partial charge in [-0.3, -0.25) is 4.79 Å². The number of thiophene rings is 1. The molecule has 0 aliphatic heterocycles. The third-order valence-corrected chi connectivity index (χ3v) is 3.95. The maximum atomic E-state index is 12.1. The first-order valence-corrected chi connectivity index (χ1v) is 6.59. The van der Waals surface area contributed by atoms with Crippen molar-refractivity contribution in [2.45, 2.75) is 0 Å². The number of ketones is 1. The maximum absolute atomic E-state index is 12.1. The van der Waals surface area contributed by atoms with Gasteiger partial charge in [0.25, 0.3) is 0 Å². The van der Waals surface area contributed by atoms with Crippen LogP contribution in [0.25, 0.3) is 0 Å². The second-order valence-electron chi connectivity index (χ2n) is 3.20. The molecule has 1 aromatic heterocycles. The molecule has 4 heteroatoms. The Bertz CT molecular complexity index is 519. The molecular formula is C12H9IO2S. The molecule has 2 aromatic rings. The van der Waals surface area contributed by atoms with Crippen molar-refractivity contribution in [2.75, 3.05) is 7.11 Å². The number of rotatable bonds is 3. The molecule has 1 heterocycles. The number of halogens is 1. The Morgan fingerprint density at radius 2 is 2.12 bits per heavy atom. The molecule has 0 saturated heterocycles. The first-order valence-electron chi connectivity index (χ1n) is 4.63. The number of benzene rings is 1.